The van der Waals surface area contributed by atoms with E-state index in [9.17, 15) is 14.9 Å². The highest BCUT2D eigenvalue weighted by atomic mass is 35.5. The maximum absolute atomic E-state index is 12.4. The van der Waals surface area contributed by atoms with Gasteiger partial charge in [0, 0.05) is 18.1 Å². The quantitative estimate of drug-likeness (QED) is 0.473. The van der Waals surface area contributed by atoms with Gasteiger partial charge < -0.3 is 0 Å². The van der Waals surface area contributed by atoms with Crippen LogP contribution in [0.4, 0.5) is 5.69 Å². The number of hydrogen-bond acceptors (Lipinski definition) is 4. The van der Waals surface area contributed by atoms with Crippen molar-refractivity contribution in [3.63, 3.8) is 0 Å². The number of halogens is 1. The van der Waals surface area contributed by atoms with Crippen molar-refractivity contribution in [3.8, 4) is 0 Å². The number of amides is 1. The zero-order valence-corrected chi connectivity index (χ0v) is 15.2. The Balaban J connectivity index is 1.36. The molecule has 1 aromatic carbocycles. The van der Waals surface area contributed by atoms with Crippen molar-refractivity contribution >= 4 is 29.4 Å². The van der Waals surface area contributed by atoms with Gasteiger partial charge in [-0.1, -0.05) is 17.7 Å². The molecule has 4 saturated carbocycles. The molecule has 26 heavy (non-hydrogen) atoms. The molecule has 0 unspecified atom stereocenters. The number of carbonyl (C=O) groups excluding carboxylic acids is 1. The van der Waals surface area contributed by atoms with Crippen LogP contribution in [0.2, 0.25) is 5.02 Å². The molecule has 5 rings (SSSR count). The SMILES string of the molecule is O=C(CC12CC3CC(CC(C3)C1)C2)N/N=C\c1ccc(Cl)c([N+](=O)[O-])c1. The van der Waals surface area contributed by atoms with Crippen LogP contribution in [-0.4, -0.2) is 17.0 Å². The molecule has 0 heterocycles. The predicted octanol–water partition coefficient (Wildman–Crippen LogP) is 4.30. The van der Waals surface area contributed by atoms with Gasteiger partial charge in [-0.3, -0.25) is 14.9 Å². The van der Waals surface area contributed by atoms with E-state index in [1.54, 1.807) is 6.07 Å². The van der Waals surface area contributed by atoms with Crippen LogP contribution in [-0.2, 0) is 4.79 Å². The average Bonchev–Trinajstić information content (AvgIpc) is 2.54. The second-order valence-corrected chi connectivity index (χ2v) is 8.76. The van der Waals surface area contributed by atoms with Crippen LogP contribution in [0.5, 0.6) is 0 Å². The third-order valence-corrected chi connectivity index (χ3v) is 6.59. The molecule has 138 valence electrons. The molecular formula is C19H22ClN3O3. The van der Waals surface area contributed by atoms with Crippen LogP contribution in [0.15, 0.2) is 23.3 Å². The monoisotopic (exact) mass is 375 g/mol. The van der Waals surface area contributed by atoms with Gasteiger partial charge in [0.15, 0.2) is 0 Å². The molecule has 0 spiro atoms. The Kier molecular flexibility index (Phi) is 4.47. The lowest BCUT2D eigenvalue weighted by Crippen LogP contribution is -2.47. The van der Waals surface area contributed by atoms with Crippen molar-refractivity contribution in [3.05, 3.63) is 38.9 Å². The second-order valence-electron chi connectivity index (χ2n) is 8.36. The van der Waals surface area contributed by atoms with Gasteiger partial charge in [-0.25, -0.2) is 5.43 Å². The number of benzene rings is 1. The van der Waals surface area contributed by atoms with E-state index in [1.807, 2.05) is 0 Å². The fraction of sp³-hybridized carbons (Fsp3) is 0.579. The summed E-state index contributed by atoms with van der Waals surface area (Å²) in [7, 11) is 0. The molecule has 0 radical (unpaired) electrons. The maximum atomic E-state index is 12.4. The fourth-order valence-electron chi connectivity index (χ4n) is 5.82. The molecule has 6 nitrogen and oxygen atoms in total. The zero-order valence-electron chi connectivity index (χ0n) is 14.5. The third-order valence-electron chi connectivity index (χ3n) is 6.27. The summed E-state index contributed by atoms with van der Waals surface area (Å²) < 4.78 is 0. The van der Waals surface area contributed by atoms with Crippen molar-refractivity contribution in [1.82, 2.24) is 5.43 Å². The molecule has 4 aliphatic rings. The van der Waals surface area contributed by atoms with Gasteiger partial charge in [0.1, 0.15) is 5.02 Å². The Labute approximate surface area is 157 Å². The molecule has 4 fully saturated rings. The van der Waals surface area contributed by atoms with Gasteiger partial charge in [0.05, 0.1) is 11.1 Å². The Morgan fingerprint density at radius 2 is 1.88 bits per heavy atom. The van der Waals surface area contributed by atoms with Gasteiger partial charge in [0.2, 0.25) is 5.91 Å². The molecule has 0 atom stereocenters. The molecule has 0 aliphatic heterocycles. The molecule has 0 saturated heterocycles. The number of hydrazone groups is 1. The molecule has 4 bridgehead atoms. The number of hydrogen-bond donors (Lipinski definition) is 1. The molecule has 1 aromatic rings. The highest BCUT2D eigenvalue weighted by Crippen LogP contribution is 2.61. The minimum Gasteiger partial charge on any atom is -0.273 e. The lowest BCUT2D eigenvalue weighted by atomic mass is 9.49. The summed E-state index contributed by atoms with van der Waals surface area (Å²) in [5.41, 5.74) is 3.12. The van der Waals surface area contributed by atoms with Gasteiger partial charge in [0.25, 0.3) is 5.69 Å². The smallest absolute Gasteiger partial charge is 0.273 e. The molecule has 0 aromatic heterocycles. The average molecular weight is 376 g/mol. The van der Waals surface area contributed by atoms with Crippen LogP contribution in [0.1, 0.15) is 50.5 Å². The predicted molar refractivity (Wildman–Crippen MR) is 99.1 cm³/mol. The fourth-order valence-corrected chi connectivity index (χ4v) is 6.00. The molecule has 4 aliphatic carbocycles. The summed E-state index contributed by atoms with van der Waals surface area (Å²) in [4.78, 5) is 22.8. The summed E-state index contributed by atoms with van der Waals surface area (Å²) in [6, 6.07) is 4.43. The van der Waals surface area contributed by atoms with Crippen LogP contribution >= 0.6 is 11.6 Å². The van der Waals surface area contributed by atoms with Crippen LogP contribution in [0.3, 0.4) is 0 Å². The maximum Gasteiger partial charge on any atom is 0.288 e. The van der Waals surface area contributed by atoms with E-state index in [0.29, 0.717) is 12.0 Å². The third kappa shape index (κ3) is 3.47. The molecule has 1 amide bonds. The van der Waals surface area contributed by atoms with Crippen LogP contribution in [0, 0.1) is 33.3 Å². The number of nitro groups is 1. The number of nitrogens with zero attached hydrogens (tertiary/aromatic N) is 2. The Hall–Kier alpha value is -1.95. The summed E-state index contributed by atoms with van der Waals surface area (Å²) in [6.07, 6.45) is 9.56. The van der Waals surface area contributed by atoms with Crippen molar-refractivity contribution in [2.75, 3.05) is 0 Å². The first kappa shape index (κ1) is 17.5. The number of nitro benzene ring substituents is 1. The summed E-state index contributed by atoms with van der Waals surface area (Å²) in [6.45, 7) is 0. The van der Waals surface area contributed by atoms with E-state index in [0.717, 1.165) is 17.8 Å². The number of rotatable bonds is 5. The zero-order chi connectivity index (χ0) is 18.3. The van der Waals surface area contributed by atoms with Crippen molar-refractivity contribution in [2.24, 2.45) is 28.3 Å². The van der Waals surface area contributed by atoms with Gasteiger partial charge in [-0.15, -0.1) is 0 Å². The normalized spacial score (nSPS) is 32.1. The van der Waals surface area contributed by atoms with E-state index in [4.69, 9.17) is 11.6 Å². The summed E-state index contributed by atoms with van der Waals surface area (Å²) in [5.74, 6) is 2.37. The Morgan fingerprint density at radius 3 is 2.46 bits per heavy atom. The summed E-state index contributed by atoms with van der Waals surface area (Å²) in [5, 5.41) is 15.0. The Morgan fingerprint density at radius 1 is 1.27 bits per heavy atom. The number of nitrogens with one attached hydrogen (secondary N) is 1. The first-order valence-corrected chi connectivity index (χ1v) is 9.56. The van der Waals surface area contributed by atoms with E-state index in [2.05, 4.69) is 10.5 Å². The van der Waals surface area contributed by atoms with E-state index in [1.165, 1.54) is 56.9 Å². The van der Waals surface area contributed by atoms with Crippen molar-refractivity contribution < 1.29 is 9.72 Å². The van der Waals surface area contributed by atoms with Crippen molar-refractivity contribution in [1.29, 1.82) is 0 Å². The molecular weight excluding hydrogens is 354 g/mol. The van der Waals surface area contributed by atoms with Crippen LogP contribution < -0.4 is 5.43 Å². The lowest BCUT2D eigenvalue weighted by molar-refractivity contribution is -0.384. The van der Waals surface area contributed by atoms with E-state index < -0.39 is 4.92 Å². The number of carbonyl (C=O) groups is 1. The Bertz CT molecular complexity index is 742. The van der Waals surface area contributed by atoms with Gasteiger partial charge in [-0.05, 0) is 67.8 Å². The minimum absolute atomic E-state index is 0.0633. The first-order valence-electron chi connectivity index (χ1n) is 9.18. The highest BCUT2D eigenvalue weighted by Gasteiger charge is 2.51. The highest BCUT2D eigenvalue weighted by molar-refractivity contribution is 6.32. The van der Waals surface area contributed by atoms with E-state index >= 15 is 0 Å². The van der Waals surface area contributed by atoms with Crippen molar-refractivity contribution in [2.45, 2.75) is 44.9 Å². The largest absolute Gasteiger partial charge is 0.288 e. The van der Waals surface area contributed by atoms with Gasteiger partial charge >= 0.3 is 0 Å². The topological polar surface area (TPSA) is 84.6 Å². The molecule has 1 N–H and O–H groups in total. The summed E-state index contributed by atoms with van der Waals surface area (Å²) >= 11 is 5.79. The van der Waals surface area contributed by atoms with Gasteiger partial charge in [-0.2, -0.15) is 5.10 Å². The standard InChI is InChI=1S/C19H22ClN3O3/c20-16-2-1-12(6-17(16)23(25)26)11-21-22-18(24)10-19-7-13-3-14(8-19)5-15(4-13)9-19/h1-2,6,11,13-15H,3-5,7-10H2,(H,22,24)/b21-11-. The van der Waals surface area contributed by atoms with Crippen LogP contribution in [0.25, 0.3) is 0 Å². The van der Waals surface area contributed by atoms with E-state index in [-0.39, 0.29) is 22.0 Å². The lowest BCUT2D eigenvalue weighted by Gasteiger charge is -2.56. The molecule has 7 heteroatoms. The second kappa shape index (κ2) is 6.65. The minimum atomic E-state index is -0.536. The first-order chi connectivity index (χ1) is 12.4.